The number of nitrogens with two attached hydrogens (primary N) is 2. The van der Waals surface area contributed by atoms with Crippen LogP contribution in [0.1, 0.15) is 30.1 Å². The number of aromatic nitrogens is 2. The third-order valence-corrected chi connectivity index (χ3v) is 4.28. The van der Waals surface area contributed by atoms with Gasteiger partial charge in [0, 0.05) is 18.5 Å². The van der Waals surface area contributed by atoms with Crippen LogP contribution in [0.3, 0.4) is 0 Å². The summed E-state index contributed by atoms with van der Waals surface area (Å²) in [6.07, 6.45) is -4.02. The summed E-state index contributed by atoms with van der Waals surface area (Å²) in [5, 5.41) is 2.84. The van der Waals surface area contributed by atoms with Gasteiger partial charge in [-0.2, -0.15) is 18.2 Å². The van der Waals surface area contributed by atoms with Gasteiger partial charge in [0.1, 0.15) is 11.3 Å². The number of furan rings is 1. The maximum atomic E-state index is 13.2. The van der Waals surface area contributed by atoms with Gasteiger partial charge in [0.25, 0.3) is 0 Å². The second kappa shape index (κ2) is 6.64. The molecule has 134 valence electrons. The average molecular weight is 366 g/mol. The summed E-state index contributed by atoms with van der Waals surface area (Å²) < 4.78 is 45.6. The topological polar surface area (TPSA) is 103 Å². The molecule has 0 radical (unpaired) electrons. The Balaban J connectivity index is 0.00000208. The smallest absolute Gasteiger partial charge is 0.392 e. The molecule has 1 aliphatic carbocycles. The molecule has 0 fully saturated rings. The molecule has 2 atom stereocenters. The number of fused-ring (bicyclic) bond motifs is 3. The molecule has 3 rings (SSSR count). The Morgan fingerprint density at radius 2 is 2.04 bits per heavy atom. The number of alkyl halides is 3. The van der Waals surface area contributed by atoms with Gasteiger partial charge in [0.2, 0.25) is 5.95 Å². The molecule has 5 N–H and O–H groups in total. The fourth-order valence-corrected chi connectivity index (χ4v) is 3.23. The van der Waals surface area contributed by atoms with Crippen LogP contribution in [0.4, 0.5) is 24.9 Å². The van der Waals surface area contributed by atoms with Crippen molar-refractivity contribution in [2.75, 3.05) is 24.6 Å². The Kier molecular flexibility index (Phi) is 5.14. The molecule has 0 saturated carbocycles. The van der Waals surface area contributed by atoms with Gasteiger partial charge in [0.15, 0.2) is 11.4 Å². The first-order chi connectivity index (χ1) is 10.8. The zero-order valence-corrected chi connectivity index (χ0v) is 13.8. The van der Waals surface area contributed by atoms with Crippen molar-refractivity contribution < 1.29 is 17.6 Å². The third kappa shape index (κ3) is 3.10. The zero-order chi connectivity index (χ0) is 16.8. The molecule has 2 aromatic heterocycles. The van der Waals surface area contributed by atoms with Gasteiger partial charge in [-0.3, -0.25) is 0 Å². The number of hydrogen-bond acceptors (Lipinski definition) is 6. The highest BCUT2D eigenvalue weighted by atomic mass is 35.5. The van der Waals surface area contributed by atoms with E-state index in [0.29, 0.717) is 41.2 Å². The average Bonchev–Trinajstić information content (AvgIpc) is 2.85. The van der Waals surface area contributed by atoms with E-state index in [1.807, 2.05) is 0 Å². The van der Waals surface area contributed by atoms with Crippen LogP contribution >= 0.6 is 12.4 Å². The third-order valence-electron chi connectivity index (χ3n) is 4.28. The molecule has 0 amide bonds. The molecule has 0 saturated heterocycles. The number of nitrogens with one attached hydrogen (secondary N) is 1. The fourth-order valence-electron chi connectivity index (χ4n) is 3.23. The lowest BCUT2D eigenvalue weighted by atomic mass is 9.79. The molecule has 0 aromatic carbocycles. The number of hydrogen-bond donors (Lipinski definition) is 3. The van der Waals surface area contributed by atoms with Crippen molar-refractivity contribution in [2.45, 2.75) is 31.4 Å². The fraction of sp³-hybridized carbons (Fsp3) is 0.571. The maximum absolute atomic E-state index is 13.2. The highest BCUT2D eigenvalue weighted by Gasteiger charge is 2.46. The predicted molar refractivity (Wildman–Crippen MR) is 87.3 cm³/mol. The summed E-state index contributed by atoms with van der Waals surface area (Å²) in [7, 11) is 1.64. The van der Waals surface area contributed by atoms with E-state index in [2.05, 4.69) is 15.3 Å². The molecule has 0 spiro atoms. The van der Waals surface area contributed by atoms with Gasteiger partial charge in [-0.1, -0.05) is 0 Å². The van der Waals surface area contributed by atoms with Crippen LogP contribution in [0, 0.1) is 5.92 Å². The van der Waals surface area contributed by atoms with Gasteiger partial charge >= 0.3 is 6.18 Å². The lowest BCUT2D eigenvalue weighted by Crippen LogP contribution is -2.31. The van der Waals surface area contributed by atoms with E-state index in [9.17, 15) is 13.2 Å². The molecular weight excluding hydrogens is 347 g/mol. The lowest BCUT2D eigenvalue weighted by Gasteiger charge is -2.29. The van der Waals surface area contributed by atoms with Crippen molar-refractivity contribution in [3.8, 4) is 0 Å². The van der Waals surface area contributed by atoms with Crippen molar-refractivity contribution in [1.82, 2.24) is 9.97 Å². The van der Waals surface area contributed by atoms with Crippen LogP contribution in [0.2, 0.25) is 0 Å². The van der Waals surface area contributed by atoms with Gasteiger partial charge < -0.3 is 21.2 Å². The Labute approximate surface area is 142 Å². The minimum Gasteiger partial charge on any atom is -0.455 e. The van der Waals surface area contributed by atoms with E-state index >= 15 is 0 Å². The van der Waals surface area contributed by atoms with E-state index in [-0.39, 0.29) is 37.1 Å². The molecule has 24 heavy (non-hydrogen) atoms. The number of nitrogens with zero attached hydrogens (tertiary/aromatic N) is 2. The monoisotopic (exact) mass is 365 g/mol. The molecule has 0 aliphatic heterocycles. The van der Waals surface area contributed by atoms with E-state index in [1.54, 1.807) is 7.05 Å². The summed E-state index contributed by atoms with van der Waals surface area (Å²) in [5.41, 5.74) is 12.4. The van der Waals surface area contributed by atoms with Gasteiger partial charge in [-0.05, 0) is 25.8 Å². The summed E-state index contributed by atoms with van der Waals surface area (Å²) >= 11 is 0. The van der Waals surface area contributed by atoms with Crippen LogP contribution in [-0.2, 0) is 6.42 Å². The minimum absolute atomic E-state index is 0. The zero-order valence-electron chi connectivity index (χ0n) is 13.0. The number of anilines is 2. The van der Waals surface area contributed by atoms with Gasteiger partial charge in [-0.15, -0.1) is 12.4 Å². The second-order valence-corrected chi connectivity index (χ2v) is 5.76. The summed E-state index contributed by atoms with van der Waals surface area (Å²) in [4.78, 5) is 8.12. The van der Waals surface area contributed by atoms with Crippen molar-refractivity contribution in [2.24, 2.45) is 11.7 Å². The molecule has 2 aromatic rings. The van der Waals surface area contributed by atoms with Crippen LogP contribution in [-0.4, -0.2) is 29.7 Å². The first-order valence-corrected chi connectivity index (χ1v) is 7.38. The molecule has 0 bridgehead atoms. The maximum Gasteiger partial charge on any atom is 0.392 e. The molecular formula is C14H19ClF3N5O. The molecule has 6 nitrogen and oxygen atoms in total. The quantitative estimate of drug-likeness (QED) is 0.772. The van der Waals surface area contributed by atoms with Crippen LogP contribution in [0.5, 0.6) is 0 Å². The van der Waals surface area contributed by atoms with Crippen molar-refractivity contribution in [3.63, 3.8) is 0 Å². The normalized spacial score (nSPS) is 20.5. The van der Waals surface area contributed by atoms with Crippen molar-refractivity contribution >= 4 is 35.3 Å². The number of nitrogen functional groups attached to an aromatic ring is 1. The number of rotatable bonds is 3. The summed E-state index contributed by atoms with van der Waals surface area (Å²) in [6.45, 7) is 0.290. The Bertz CT molecular complexity index is 733. The summed E-state index contributed by atoms with van der Waals surface area (Å²) in [6, 6.07) is 0. The largest absolute Gasteiger partial charge is 0.455 e. The first kappa shape index (κ1) is 18.6. The molecule has 1 aliphatic rings. The molecule has 10 heteroatoms. The highest BCUT2D eigenvalue weighted by molar-refractivity contribution is 5.88. The van der Waals surface area contributed by atoms with E-state index in [4.69, 9.17) is 15.9 Å². The van der Waals surface area contributed by atoms with Crippen molar-refractivity contribution in [3.05, 3.63) is 11.3 Å². The molecule has 2 heterocycles. The van der Waals surface area contributed by atoms with Crippen LogP contribution in [0.15, 0.2) is 4.42 Å². The first-order valence-electron chi connectivity index (χ1n) is 7.38. The Morgan fingerprint density at radius 1 is 1.33 bits per heavy atom. The standard InChI is InChI=1S/C14H18F3N5O.ClH/c1-20-12-11-9(21-13(19)22-12)8-5-7(14(15,16)17)4-6(2-3-18)10(8)23-11;/h6-7H,2-5,18H2,1H3,(H3,19,20,21,22);1H. The second-order valence-electron chi connectivity index (χ2n) is 5.76. The van der Waals surface area contributed by atoms with Crippen molar-refractivity contribution in [1.29, 1.82) is 0 Å². The number of halogens is 4. The van der Waals surface area contributed by atoms with Gasteiger partial charge in [0.05, 0.1) is 5.92 Å². The summed E-state index contributed by atoms with van der Waals surface area (Å²) in [5.74, 6) is -0.911. The van der Waals surface area contributed by atoms with Crippen LogP contribution < -0.4 is 16.8 Å². The Hall–Kier alpha value is -1.74. The van der Waals surface area contributed by atoms with E-state index < -0.39 is 12.1 Å². The predicted octanol–water partition coefficient (Wildman–Crippen LogP) is 2.83. The minimum atomic E-state index is -4.27. The van der Waals surface area contributed by atoms with Crippen LogP contribution in [0.25, 0.3) is 11.1 Å². The molecule has 2 unspecified atom stereocenters. The SMILES string of the molecule is CNc1nc(N)nc2c3c(oc12)C(CCN)CC(C(F)(F)F)C3.Cl. The van der Waals surface area contributed by atoms with Gasteiger partial charge in [-0.25, -0.2) is 4.98 Å². The van der Waals surface area contributed by atoms with E-state index in [0.717, 1.165) is 0 Å². The Morgan fingerprint density at radius 3 is 2.62 bits per heavy atom. The van der Waals surface area contributed by atoms with E-state index in [1.165, 1.54) is 0 Å². The highest BCUT2D eigenvalue weighted by Crippen LogP contribution is 2.47. The lowest BCUT2D eigenvalue weighted by molar-refractivity contribution is -0.179.